The summed E-state index contributed by atoms with van der Waals surface area (Å²) in [5.74, 6) is 0.290. The van der Waals surface area contributed by atoms with Crippen molar-refractivity contribution in [1.82, 2.24) is 9.80 Å². The third-order valence-electron chi connectivity index (χ3n) is 2.16. The molecule has 1 rings (SSSR count). The number of carbonyl (C=O) groups excluding carboxylic acids is 1. The standard InChI is InChI=1S/C8H16N2O.C3H8/c1-3-8(11)10-6-4-9(2)5-7-10;1-3-2/h3-7H2,1-2H3;3H2,1-2H3. The fraction of sp³-hybridized carbons (Fsp3) is 0.909. The Morgan fingerprint density at radius 1 is 1.07 bits per heavy atom. The van der Waals surface area contributed by atoms with Gasteiger partial charge in [0.1, 0.15) is 0 Å². The van der Waals surface area contributed by atoms with Gasteiger partial charge in [0.25, 0.3) is 0 Å². The topological polar surface area (TPSA) is 23.6 Å². The van der Waals surface area contributed by atoms with Crippen molar-refractivity contribution >= 4 is 5.91 Å². The average molecular weight is 200 g/mol. The molecule has 1 saturated heterocycles. The summed E-state index contributed by atoms with van der Waals surface area (Å²) < 4.78 is 0. The van der Waals surface area contributed by atoms with Gasteiger partial charge in [0.05, 0.1) is 0 Å². The molecule has 0 bridgehead atoms. The van der Waals surface area contributed by atoms with Crippen molar-refractivity contribution in [2.24, 2.45) is 0 Å². The van der Waals surface area contributed by atoms with Crippen molar-refractivity contribution in [3.63, 3.8) is 0 Å². The molecule has 14 heavy (non-hydrogen) atoms. The van der Waals surface area contributed by atoms with E-state index in [-0.39, 0.29) is 5.91 Å². The predicted molar refractivity (Wildman–Crippen MR) is 60.3 cm³/mol. The molecule has 0 radical (unpaired) electrons. The number of nitrogens with zero attached hydrogens (tertiary/aromatic N) is 2. The van der Waals surface area contributed by atoms with Gasteiger partial charge in [-0.2, -0.15) is 0 Å². The lowest BCUT2D eigenvalue weighted by Crippen LogP contribution is -2.46. The van der Waals surface area contributed by atoms with Crippen LogP contribution in [-0.4, -0.2) is 48.9 Å². The first-order valence-electron chi connectivity index (χ1n) is 5.61. The second-order valence-corrected chi connectivity index (χ2v) is 3.74. The fourth-order valence-corrected chi connectivity index (χ4v) is 1.28. The Kier molecular flexibility index (Phi) is 7.48. The second-order valence-electron chi connectivity index (χ2n) is 3.74. The van der Waals surface area contributed by atoms with Crippen molar-refractivity contribution in [1.29, 1.82) is 0 Å². The van der Waals surface area contributed by atoms with Gasteiger partial charge in [0.2, 0.25) is 5.91 Å². The highest BCUT2D eigenvalue weighted by Crippen LogP contribution is 2.00. The summed E-state index contributed by atoms with van der Waals surface area (Å²) in [6.45, 7) is 10.0. The Labute approximate surface area is 88.1 Å². The zero-order valence-electron chi connectivity index (χ0n) is 10.0. The Morgan fingerprint density at radius 3 is 1.86 bits per heavy atom. The molecule has 3 nitrogen and oxygen atoms in total. The van der Waals surface area contributed by atoms with Gasteiger partial charge < -0.3 is 9.80 Å². The third kappa shape index (κ3) is 5.22. The van der Waals surface area contributed by atoms with Crippen LogP contribution in [0.5, 0.6) is 0 Å². The van der Waals surface area contributed by atoms with Crippen LogP contribution in [0.3, 0.4) is 0 Å². The first kappa shape index (κ1) is 13.4. The summed E-state index contributed by atoms with van der Waals surface area (Å²) in [5.41, 5.74) is 0. The monoisotopic (exact) mass is 200 g/mol. The van der Waals surface area contributed by atoms with Gasteiger partial charge in [-0.1, -0.05) is 27.2 Å². The molecule has 0 aromatic heterocycles. The number of piperazine rings is 1. The van der Waals surface area contributed by atoms with Gasteiger partial charge in [-0.3, -0.25) is 4.79 Å². The predicted octanol–water partition coefficient (Wildman–Crippen LogP) is 1.59. The van der Waals surface area contributed by atoms with Crippen molar-refractivity contribution < 1.29 is 4.79 Å². The van der Waals surface area contributed by atoms with Crippen LogP contribution in [0.25, 0.3) is 0 Å². The summed E-state index contributed by atoms with van der Waals surface area (Å²) in [4.78, 5) is 15.4. The largest absolute Gasteiger partial charge is 0.340 e. The van der Waals surface area contributed by atoms with Crippen LogP contribution in [0.4, 0.5) is 0 Å². The van der Waals surface area contributed by atoms with E-state index in [2.05, 4.69) is 25.8 Å². The lowest BCUT2D eigenvalue weighted by molar-refractivity contribution is -0.132. The minimum absolute atomic E-state index is 0.290. The lowest BCUT2D eigenvalue weighted by atomic mass is 10.3. The van der Waals surface area contributed by atoms with E-state index in [1.165, 1.54) is 6.42 Å². The van der Waals surface area contributed by atoms with Crippen molar-refractivity contribution in [3.8, 4) is 0 Å². The maximum Gasteiger partial charge on any atom is 0.222 e. The van der Waals surface area contributed by atoms with Gasteiger partial charge in [0.15, 0.2) is 0 Å². The molecule has 0 spiro atoms. The molecule has 1 fully saturated rings. The first-order chi connectivity index (χ1) is 6.65. The van der Waals surface area contributed by atoms with Crippen molar-refractivity contribution in [3.05, 3.63) is 0 Å². The third-order valence-corrected chi connectivity index (χ3v) is 2.16. The molecule has 0 saturated carbocycles. The highest BCUT2D eigenvalue weighted by Gasteiger charge is 2.16. The summed E-state index contributed by atoms with van der Waals surface area (Å²) in [5, 5.41) is 0. The Balaban J connectivity index is 0.000000500. The number of rotatable bonds is 1. The molecule has 0 aromatic rings. The highest BCUT2D eigenvalue weighted by atomic mass is 16.2. The summed E-state index contributed by atoms with van der Waals surface area (Å²) in [7, 11) is 2.09. The van der Waals surface area contributed by atoms with E-state index < -0.39 is 0 Å². The molecule has 1 heterocycles. The van der Waals surface area contributed by atoms with E-state index in [0.29, 0.717) is 6.42 Å². The summed E-state index contributed by atoms with van der Waals surface area (Å²) in [6.07, 6.45) is 1.89. The van der Waals surface area contributed by atoms with Crippen LogP contribution >= 0.6 is 0 Å². The van der Waals surface area contributed by atoms with E-state index in [1.807, 2.05) is 11.8 Å². The maximum absolute atomic E-state index is 11.2. The molecule has 0 atom stereocenters. The molecular formula is C11H24N2O. The van der Waals surface area contributed by atoms with Crippen LogP contribution in [-0.2, 0) is 4.79 Å². The molecule has 1 amide bonds. The summed E-state index contributed by atoms with van der Waals surface area (Å²) >= 11 is 0. The van der Waals surface area contributed by atoms with E-state index in [9.17, 15) is 4.79 Å². The van der Waals surface area contributed by atoms with Crippen LogP contribution in [0, 0.1) is 0 Å². The van der Waals surface area contributed by atoms with E-state index in [4.69, 9.17) is 0 Å². The van der Waals surface area contributed by atoms with Crippen LogP contribution in [0.2, 0.25) is 0 Å². The van der Waals surface area contributed by atoms with Crippen molar-refractivity contribution in [2.75, 3.05) is 33.2 Å². The lowest BCUT2D eigenvalue weighted by Gasteiger charge is -2.32. The van der Waals surface area contributed by atoms with E-state index in [1.54, 1.807) is 0 Å². The van der Waals surface area contributed by atoms with Crippen molar-refractivity contribution in [2.45, 2.75) is 33.6 Å². The fourth-order valence-electron chi connectivity index (χ4n) is 1.28. The molecular weight excluding hydrogens is 176 g/mol. The summed E-state index contributed by atoms with van der Waals surface area (Å²) in [6, 6.07) is 0. The molecule has 1 aliphatic heterocycles. The Morgan fingerprint density at radius 2 is 1.50 bits per heavy atom. The molecule has 0 N–H and O–H groups in total. The van der Waals surface area contributed by atoms with Gasteiger partial charge >= 0.3 is 0 Å². The quantitative estimate of drug-likeness (QED) is 0.641. The molecule has 3 heteroatoms. The van der Waals surface area contributed by atoms with Crippen LogP contribution in [0.15, 0.2) is 0 Å². The molecule has 84 valence electrons. The second kappa shape index (κ2) is 7.80. The van der Waals surface area contributed by atoms with Gasteiger partial charge in [-0.15, -0.1) is 0 Å². The molecule has 0 unspecified atom stereocenters. The maximum atomic E-state index is 11.2. The smallest absolute Gasteiger partial charge is 0.222 e. The number of hydrogen-bond donors (Lipinski definition) is 0. The first-order valence-corrected chi connectivity index (χ1v) is 5.61. The molecule has 0 aliphatic carbocycles. The highest BCUT2D eigenvalue weighted by molar-refractivity contribution is 5.75. The number of carbonyl (C=O) groups is 1. The number of amides is 1. The van der Waals surface area contributed by atoms with Gasteiger partial charge in [-0.25, -0.2) is 0 Å². The molecule has 1 aliphatic rings. The van der Waals surface area contributed by atoms with Crippen LogP contribution < -0.4 is 0 Å². The van der Waals surface area contributed by atoms with E-state index >= 15 is 0 Å². The zero-order valence-corrected chi connectivity index (χ0v) is 10.0. The minimum Gasteiger partial charge on any atom is -0.340 e. The zero-order chi connectivity index (χ0) is 11.0. The van der Waals surface area contributed by atoms with Gasteiger partial charge in [-0.05, 0) is 7.05 Å². The van der Waals surface area contributed by atoms with Crippen LogP contribution in [0.1, 0.15) is 33.6 Å². The number of likely N-dealkylation sites (N-methyl/N-ethyl adjacent to an activating group) is 1. The number of hydrogen-bond acceptors (Lipinski definition) is 2. The minimum atomic E-state index is 0.290. The van der Waals surface area contributed by atoms with Gasteiger partial charge in [0, 0.05) is 32.6 Å². The molecule has 0 aromatic carbocycles. The normalized spacial score (nSPS) is 17.3. The Bertz CT molecular complexity index is 151. The Hall–Kier alpha value is -0.570. The SMILES string of the molecule is CCC.CCC(=O)N1CCN(C)CC1. The average Bonchev–Trinajstić information content (AvgIpc) is 2.19. The van der Waals surface area contributed by atoms with E-state index in [0.717, 1.165) is 26.2 Å².